The number of allylic oxidation sites excluding steroid dienone is 2. The lowest BCUT2D eigenvalue weighted by molar-refractivity contribution is 0.310. The Morgan fingerprint density at radius 3 is 2.55 bits per heavy atom. The number of rotatable bonds is 7. The van der Waals surface area contributed by atoms with Gasteiger partial charge in [-0.25, -0.2) is 0 Å². The van der Waals surface area contributed by atoms with Gasteiger partial charge in [0.15, 0.2) is 0 Å². The number of hydrogen-bond donors (Lipinski definition) is 1. The summed E-state index contributed by atoms with van der Waals surface area (Å²) >= 11 is 0. The van der Waals surface area contributed by atoms with E-state index in [2.05, 4.69) is 90.3 Å². The van der Waals surface area contributed by atoms with Crippen molar-refractivity contribution in [3.05, 3.63) is 102 Å². The Hall–Kier alpha value is -3.20. The van der Waals surface area contributed by atoms with Crippen molar-refractivity contribution in [2.24, 2.45) is 5.92 Å². The zero-order valence-electron chi connectivity index (χ0n) is 18.0. The van der Waals surface area contributed by atoms with Gasteiger partial charge in [-0.15, -0.1) is 0 Å². The molecule has 0 saturated heterocycles. The molecule has 3 nitrogen and oxygen atoms in total. The highest BCUT2D eigenvalue weighted by Crippen LogP contribution is 2.50. The van der Waals surface area contributed by atoms with Crippen LogP contribution in [0, 0.1) is 5.92 Å². The zero-order valence-corrected chi connectivity index (χ0v) is 18.0. The Morgan fingerprint density at radius 1 is 0.935 bits per heavy atom. The highest BCUT2D eigenvalue weighted by atomic mass is 16.5. The fraction of sp³-hybridized carbons (Fsp3) is 0.286. The SMILES string of the molecule is COc1ccc(C2Nc3ccc(OCCCc4ccccc4)cc3C3C=CCC32)cc1. The van der Waals surface area contributed by atoms with E-state index in [1.54, 1.807) is 7.11 Å². The lowest BCUT2D eigenvalue weighted by Gasteiger charge is -2.37. The number of ether oxygens (including phenoxy) is 2. The summed E-state index contributed by atoms with van der Waals surface area (Å²) < 4.78 is 11.4. The number of anilines is 1. The molecule has 3 unspecified atom stereocenters. The van der Waals surface area contributed by atoms with Crippen molar-refractivity contribution in [2.75, 3.05) is 19.0 Å². The Bertz CT molecular complexity index is 1040. The second-order valence-electron chi connectivity index (χ2n) is 8.44. The molecule has 158 valence electrons. The fourth-order valence-corrected chi connectivity index (χ4v) is 4.91. The molecule has 0 aromatic heterocycles. The average Bonchev–Trinajstić information content (AvgIpc) is 3.32. The Balaban J connectivity index is 1.28. The third-order valence-electron chi connectivity index (χ3n) is 6.53. The number of methoxy groups -OCH3 is 1. The summed E-state index contributed by atoms with van der Waals surface area (Å²) in [5.41, 5.74) is 5.24. The second-order valence-corrected chi connectivity index (χ2v) is 8.44. The largest absolute Gasteiger partial charge is 0.497 e. The van der Waals surface area contributed by atoms with Gasteiger partial charge in [0, 0.05) is 11.6 Å². The molecular weight excluding hydrogens is 382 g/mol. The number of aryl methyl sites for hydroxylation is 1. The van der Waals surface area contributed by atoms with E-state index in [0.717, 1.165) is 37.4 Å². The van der Waals surface area contributed by atoms with E-state index in [9.17, 15) is 0 Å². The first-order valence-electron chi connectivity index (χ1n) is 11.2. The minimum atomic E-state index is 0.302. The first-order chi connectivity index (χ1) is 15.3. The topological polar surface area (TPSA) is 30.5 Å². The summed E-state index contributed by atoms with van der Waals surface area (Å²) in [6.45, 7) is 0.736. The molecule has 0 radical (unpaired) electrons. The molecule has 2 aliphatic rings. The maximum Gasteiger partial charge on any atom is 0.119 e. The molecule has 1 heterocycles. The Morgan fingerprint density at radius 2 is 1.74 bits per heavy atom. The zero-order chi connectivity index (χ0) is 21.0. The van der Waals surface area contributed by atoms with Gasteiger partial charge in [-0.3, -0.25) is 0 Å². The molecule has 1 aliphatic carbocycles. The molecule has 3 atom stereocenters. The quantitative estimate of drug-likeness (QED) is 0.354. The van der Waals surface area contributed by atoms with Crippen molar-refractivity contribution in [1.29, 1.82) is 0 Å². The van der Waals surface area contributed by atoms with Gasteiger partial charge in [-0.2, -0.15) is 0 Å². The van der Waals surface area contributed by atoms with Crippen LogP contribution < -0.4 is 14.8 Å². The van der Waals surface area contributed by atoms with Gasteiger partial charge in [0.25, 0.3) is 0 Å². The Kier molecular flexibility index (Phi) is 5.66. The number of nitrogens with one attached hydrogen (secondary N) is 1. The van der Waals surface area contributed by atoms with Crippen LogP contribution in [0.25, 0.3) is 0 Å². The lowest BCUT2D eigenvalue weighted by atomic mass is 9.77. The smallest absolute Gasteiger partial charge is 0.119 e. The lowest BCUT2D eigenvalue weighted by Crippen LogP contribution is -2.29. The van der Waals surface area contributed by atoms with E-state index in [1.807, 2.05) is 0 Å². The predicted octanol–water partition coefficient (Wildman–Crippen LogP) is 6.53. The summed E-state index contributed by atoms with van der Waals surface area (Å²) in [5, 5.41) is 3.80. The van der Waals surface area contributed by atoms with Crippen LogP contribution in [0.5, 0.6) is 11.5 Å². The number of benzene rings is 3. The van der Waals surface area contributed by atoms with E-state index in [4.69, 9.17) is 9.47 Å². The number of fused-ring (bicyclic) bond motifs is 3. The van der Waals surface area contributed by atoms with Gasteiger partial charge in [0.1, 0.15) is 11.5 Å². The monoisotopic (exact) mass is 411 g/mol. The van der Waals surface area contributed by atoms with E-state index in [1.165, 1.54) is 22.4 Å². The van der Waals surface area contributed by atoms with E-state index in [0.29, 0.717) is 17.9 Å². The average molecular weight is 412 g/mol. The second kappa shape index (κ2) is 8.89. The molecule has 1 aliphatic heterocycles. The van der Waals surface area contributed by atoms with Gasteiger partial charge < -0.3 is 14.8 Å². The fourth-order valence-electron chi connectivity index (χ4n) is 4.91. The molecule has 5 rings (SSSR count). The molecule has 3 aromatic carbocycles. The van der Waals surface area contributed by atoms with Crippen LogP contribution >= 0.6 is 0 Å². The minimum Gasteiger partial charge on any atom is -0.497 e. The first-order valence-corrected chi connectivity index (χ1v) is 11.2. The van der Waals surface area contributed by atoms with Crippen LogP contribution in [-0.2, 0) is 6.42 Å². The van der Waals surface area contributed by atoms with E-state index in [-0.39, 0.29) is 0 Å². The first kappa shape index (κ1) is 19.7. The minimum absolute atomic E-state index is 0.302. The molecule has 1 N–H and O–H groups in total. The van der Waals surface area contributed by atoms with Crippen molar-refractivity contribution in [3.8, 4) is 11.5 Å². The maximum atomic E-state index is 6.11. The van der Waals surface area contributed by atoms with Crippen LogP contribution in [-0.4, -0.2) is 13.7 Å². The summed E-state index contributed by atoms with van der Waals surface area (Å²) in [6, 6.07) is 25.9. The van der Waals surface area contributed by atoms with Crippen molar-refractivity contribution < 1.29 is 9.47 Å². The van der Waals surface area contributed by atoms with Gasteiger partial charge in [0.05, 0.1) is 19.8 Å². The van der Waals surface area contributed by atoms with Gasteiger partial charge in [0.2, 0.25) is 0 Å². The molecule has 0 fully saturated rings. The Labute approximate surface area is 184 Å². The molecule has 0 bridgehead atoms. The standard InChI is InChI=1S/C28H29NO2/c1-30-22-14-12-21(13-15-22)28-25-11-5-10-24(25)26-19-23(16-17-27(26)29-28)31-18-6-9-20-7-3-2-4-8-20/h2-5,7-8,10,12-17,19,24-25,28-29H,6,9,11,18H2,1H3. The summed E-state index contributed by atoms with van der Waals surface area (Å²) in [4.78, 5) is 0. The van der Waals surface area contributed by atoms with Crippen LogP contribution in [0.2, 0.25) is 0 Å². The molecule has 31 heavy (non-hydrogen) atoms. The molecule has 0 spiro atoms. The van der Waals surface area contributed by atoms with Gasteiger partial charge in [-0.05, 0) is 72.2 Å². The van der Waals surface area contributed by atoms with E-state index >= 15 is 0 Å². The summed E-state index contributed by atoms with van der Waals surface area (Å²) in [5.74, 6) is 2.82. The molecule has 3 aromatic rings. The normalized spacial score (nSPS) is 21.1. The van der Waals surface area contributed by atoms with Crippen LogP contribution in [0.1, 0.15) is 41.5 Å². The predicted molar refractivity (Wildman–Crippen MR) is 126 cm³/mol. The van der Waals surface area contributed by atoms with Crippen molar-refractivity contribution in [3.63, 3.8) is 0 Å². The van der Waals surface area contributed by atoms with Crippen LogP contribution in [0.3, 0.4) is 0 Å². The van der Waals surface area contributed by atoms with Crippen molar-refractivity contribution in [1.82, 2.24) is 0 Å². The van der Waals surface area contributed by atoms with Crippen LogP contribution in [0.15, 0.2) is 84.9 Å². The molecule has 0 amide bonds. The number of hydrogen-bond acceptors (Lipinski definition) is 3. The third kappa shape index (κ3) is 4.18. The van der Waals surface area contributed by atoms with Crippen LogP contribution in [0.4, 0.5) is 5.69 Å². The van der Waals surface area contributed by atoms with Gasteiger partial charge >= 0.3 is 0 Å². The summed E-state index contributed by atoms with van der Waals surface area (Å²) in [7, 11) is 1.71. The third-order valence-corrected chi connectivity index (χ3v) is 6.53. The van der Waals surface area contributed by atoms with Gasteiger partial charge in [-0.1, -0.05) is 54.6 Å². The van der Waals surface area contributed by atoms with Crippen molar-refractivity contribution in [2.45, 2.75) is 31.2 Å². The molecular formula is C28H29NO2. The highest BCUT2D eigenvalue weighted by Gasteiger charge is 2.38. The van der Waals surface area contributed by atoms with E-state index < -0.39 is 0 Å². The summed E-state index contributed by atoms with van der Waals surface area (Å²) in [6.07, 6.45) is 7.86. The molecule has 0 saturated carbocycles. The highest BCUT2D eigenvalue weighted by molar-refractivity contribution is 5.61. The maximum absolute atomic E-state index is 6.11. The molecule has 3 heteroatoms. The van der Waals surface area contributed by atoms with Crippen molar-refractivity contribution >= 4 is 5.69 Å².